The summed E-state index contributed by atoms with van der Waals surface area (Å²) in [4.78, 5) is 11.5. The zero-order valence-electron chi connectivity index (χ0n) is 19.3. The molecule has 3 nitrogen and oxygen atoms in total. The van der Waals surface area contributed by atoms with Crippen molar-refractivity contribution in [3.8, 4) is 0 Å². The number of carbonyl (C=O) groups is 1. The highest BCUT2D eigenvalue weighted by atomic mass is 16.4. The summed E-state index contributed by atoms with van der Waals surface area (Å²) in [6, 6.07) is 0. The molecular formula is C25H50O3. The normalized spacial score (nSPS) is 14.7. The fourth-order valence-corrected chi connectivity index (χ4v) is 4.11. The summed E-state index contributed by atoms with van der Waals surface area (Å²) in [5.41, 5.74) is -0.787. The molecule has 168 valence electrons. The topological polar surface area (TPSA) is 57.5 Å². The lowest BCUT2D eigenvalue weighted by atomic mass is 9.73. The van der Waals surface area contributed by atoms with Gasteiger partial charge in [-0.05, 0) is 25.7 Å². The standard InChI is InChI=1S/C25H50O3/c1-4-5-6-7-8-9-10-11-12-13-14-15-16-17-18-19-20-23(2)25(3,21-22-26)24(27)28/h23,26H,4-22H2,1-3H3,(H,27,28). The van der Waals surface area contributed by atoms with Gasteiger partial charge in [-0.15, -0.1) is 0 Å². The van der Waals surface area contributed by atoms with Crippen molar-refractivity contribution in [2.45, 2.75) is 136 Å². The third kappa shape index (κ3) is 13.6. The fourth-order valence-electron chi connectivity index (χ4n) is 4.11. The first-order valence-corrected chi connectivity index (χ1v) is 12.3. The number of rotatable bonds is 21. The van der Waals surface area contributed by atoms with E-state index >= 15 is 0 Å². The molecule has 2 unspecified atom stereocenters. The SMILES string of the molecule is CCCCCCCCCCCCCCCCCCC(C)C(C)(CCO)C(=O)O. The number of unbranched alkanes of at least 4 members (excludes halogenated alkanes) is 15. The molecule has 2 atom stereocenters. The Balaban J connectivity index is 3.43. The first-order chi connectivity index (χ1) is 13.5. The number of carboxylic acid groups (broad SMARTS) is 1. The lowest BCUT2D eigenvalue weighted by Gasteiger charge is -2.31. The van der Waals surface area contributed by atoms with E-state index in [2.05, 4.69) is 6.92 Å². The van der Waals surface area contributed by atoms with Crippen molar-refractivity contribution in [3.05, 3.63) is 0 Å². The van der Waals surface area contributed by atoms with Crippen molar-refractivity contribution < 1.29 is 15.0 Å². The Morgan fingerprint density at radius 3 is 1.43 bits per heavy atom. The Hall–Kier alpha value is -0.570. The number of aliphatic carboxylic acids is 1. The van der Waals surface area contributed by atoms with E-state index in [1.54, 1.807) is 6.92 Å². The Morgan fingerprint density at radius 2 is 1.11 bits per heavy atom. The molecule has 28 heavy (non-hydrogen) atoms. The second kappa shape index (κ2) is 18.5. The van der Waals surface area contributed by atoms with E-state index in [9.17, 15) is 9.90 Å². The van der Waals surface area contributed by atoms with Crippen LogP contribution in [0.4, 0.5) is 0 Å². The first-order valence-electron chi connectivity index (χ1n) is 12.3. The minimum absolute atomic E-state index is 0.0495. The minimum Gasteiger partial charge on any atom is -0.481 e. The van der Waals surface area contributed by atoms with Crippen LogP contribution >= 0.6 is 0 Å². The highest BCUT2D eigenvalue weighted by Gasteiger charge is 2.37. The van der Waals surface area contributed by atoms with Crippen molar-refractivity contribution in [1.29, 1.82) is 0 Å². The summed E-state index contributed by atoms with van der Waals surface area (Å²) in [6.45, 7) is 6.03. The molecule has 0 fully saturated rings. The molecule has 0 saturated heterocycles. The minimum atomic E-state index is -0.787. The molecule has 0 aromatic rings. The van der Waals surface area contributed by atoms with Gasteiger partial charge in [0.25, 0.3) is 0 Å². The van der Waals surface area contributed by atoms with E-state index in [0.717, 1.165) is 12.8 Å². The molecule has 0 radical (unpaired) electrons. The largest absolute Gasteiger partial charge is 0.481 e. The quantitative estimate of drug-likeness (QED) is 0.194. The molecule has 0 spiro atoms. The van der Waals surface area contributed by atoms with Crippen molar-refractivity contribution in [3.63, 3.8) is 0 Å². The molecule has 0 aromatic carbocycles. The van der Waals surface area contributed by atoms with Crippen LogP contribution in [0.15, 0.2) is 0 Å². The highest BCUT2D eigenvalue weighted by molar-refractivity contribution is 5.74. The Kier molecular flexibility index (Phi) is 18.1. The van der Waals surface area contributed by atoms with Crippen LogP contribution in [0.2, 0.25) is 0 Å². The van der Waals surface area contributed by atoms with Gasteiger partial charge < -0.3 is 10.2 Å². The molecule has 0 aliphatic carbocycles. The van der Waals surface area contributed by atoms with E-state index in [4.69, 9.17) is 5.11 Å². The van der Waals surface area contributed by atoms with Gasteiger partial charge in [0.05, 0.1) is 5.41 Å². The summed E-state index contributed by atoms with van der Waals surface area (Å²) in [5.74, 6) is -0.658. The van der Waals surface area contributed by atoms with Gasteiger partial charge in [-0.25, -0.2) is 0 Å². The third-order valence-electron chi connectivity index (χ3n) is 6.70. The predicted octanol–water partition coefficient (Wildman–Crippen LogP) is 7.75. The summed E-state index contributed by atoms with van der Waals surface area (Å²) < 4.78 is 0. The Morgan fingerprint density at radius 1 is 0.750 bits per heavy atom. The predicted molar refractivity (Wildman–Crippen MR) is 121 cm³/mol. The zero-order valence-corrected chi connectivity index (χ0v) is 19.3. The van der Waals surface area contributed by atoms with Crippen LogP contribution in [-0.4, -0.2) is 22.8 Å². The number of hydrogen-bond donors (Lipinski definition) is 2. The van der Waals surface area contributed by atoms with Gasteiger partial charge >= 0.3 is 5.97 Å². The van der Waals surface area contributed by atoms with Crippen molar-refractivity contribution in [2.24, 2.45) is 11.3 Å². The highest BCUT2D eigenvalue weighted by Crippen LogP contribution is 2.34. The molecular weight excluding hydrogens is 348 g/mol. The molecule has 0 bridgehead atoms. The van der Waals surface area contributed by atoms with Gasteiger partial charge in [0.1, 0.15) is 0 Å². The van der Waals surface area contributed by atoms with E-state index < -0.39 is 11.4 Å². The molecule has 0 amide bonds. The van der Waals surface area contributed by atoms with Crippen LogP contribution in [0, 0.1) is 11.3 Å². The van der Waals surface area contributed by atoms with E-state index in [0.29, 0.717) is 6.42 Å². The fraction of sp³-hybridized carbons (Fsp3) is 0.960. The Bertz CT molecular complexity index is 356. The number of aliphatic hydroxyl groups is 1. The molecule has 0 heterocycles. The molecule has 0 saturated carbocycles. The maximum atomic E-state index is 11.5. The number of hydrogen-bond acceptors (Lipinski definition) is 2. The van der Waals surface area contributed by atoms with Crippen LogP contribution < -0.4 is 0 Å². The summed E-state index contributed by atoms with van der Waals surface area (Å²) in [6.07, 6.45) is 23.0. The average Bonchev–Trinajstić information content (AvgIpc) is 2.67. The summed E-state index contributed by atoms with van der Waals surface area (Å²) in [5, 5.41) is 18.6. The maximum absolute atomic E-state index is 11.5. The van der Waals surface area contributed by atoms with Crippen LogP contribution in [0.1, 0.15) is 136 Å². The second-order valence-electron chi connectivity index (χ2n) is 9.19. The lowest BCUT2D eigenvalue weighted by molar-refractivity contribution is -0.152. The molecule has 0 aliphatic rings. The van der Waals surface area contributed by atoms with E-state index in [-0.39, 0.29) is 12.5 Å². The van der Waals surface area contributed by atoms with Gasteiger partial charge in [0.2, 0.25) is 0 Å². The smallest absolute Gasteiger partial charge is 0.309 e. The zero-order chi connectivity index (χ0) is 21.1. The number of aliphatic hydroxyl groups excluding tert-OH is 1. The van der Waals surface area contributed by atoms with Gasteiger partial charge in [-0.2, -0.15) is 0 Å². The Labute approximate surface area is 175 Å². The summed E-state index contributed by atoms with van der Waals surface area (Å²) >= 11 is 0. The van der Waals surface area contributed by atoms with Gasteiger partial charge in [-0.1, -0.05) is 117 Å². The van der Waals surface area contributed by atoms with Crippen LogP contribution in [-0.2, 0) is 4.79 Å². The molecule has 2 N–H and O–H groups in total. The van der Waals surface area contributed by atoms with Crippen molar-refractivity contribution in [2.75, 3.05) is 6.61 Å². The number of carboxylic acids is 1. The van der Waals surface area contributed by atoms with E-state index in [1.807, 2.05) is 6.92 Å². The van der Waals surface area contributed by atoms with Gasteiger partial charge in [0, 0.05) is 6.61 Å². The van der Waals surface area contributed by atoms with Crippen LogP contribution in [0.3, 0.4) is 0 Å². The molecule has 0 rings (SSSR count). The average molecular weight is 399 g/mol. The third-order valence-corrected chi connectivity index (χ3v) is 6.70. The van der Waals surface area contributed by atoms with Crippen molar-refractivity contribution in [1.82, 2.24) is 0 Å². The molecule has 0 aromatic heterocycles. The van der Waals surface area contributed by atoms with Gasteiger partial charge in [-0.3, -0.25) is 4.79 Å². The lowest BCUT2D eigenvalue weighted by Crippen LogP contribution is -2.35. The van der Waals surface area contributed by atoms with Crippen LogP contribution in [0.5, 0.6) is 0 Å². The summed E-state index contributed by atoms with van der Waals surface area (Å²) in [7, 11) is 0. The second-order valence-corrected chi connectivity index (χ2v) is 9.19. The van der Waals surface area contributed by atoms with Crippen LogP contribution in [0.25, 0.3) is 0 Å². The van der Waals surface area contributed by atoms with Crippen molar-refractivity contribution >= 4 is 5.97 Å². The first kappa shape index (κ1) is 27.4. The molecule has 3 heteroatoms. The molecule has 0 aliphatic heterocycles. The monoisotopic (exact) mass is 398 g/mol. The maximum Gasteiger partial charge on any atom is 0.309 e. The van der Waals surface area contributed by atoms with Gasteiger partial charge in [0.15, 0.2) is 0 Å². The van der Waals surface area contributed by atoms with E-state index in [1.165, 1.54) is 96.3 Å².